The highest BCUT2D eigenvalue weighted by molar-refractivity contribution is 5.44. The van der Waals surface area contributed by atoms with Crippen LogP contribution in [0.2, 0.25) is 0 Å². The molecule has 24 heavy (non-hydrogen) atoms. The van der Waals surface area contributed by atoms with Gasteiger partial charge in [0.2, 0.25) is 5.95 Å². The second-order valence-electron chi connectivity index (χ2n) is 5.69. The number of nitrogens with one attached hydrogen (secondary N) is 2. The SMILES string of the molecule is CC[C@H](C)Nc1nc(NCc2ccccc2C)cc(C(F)(F)F)n1. The molecule has 0 radical (unpaired) electrons. The second kappa shape index (κ2) is 7.51. The Morgan fingerprint density at radius 3 is 2.50 bits per heavy atom. The molecule has 4 nitrogen and oxygen atoms in total. The Morgan fingerprint density at radius 2 is 1.88 bits per heavy atom. The van der Waals surface area contributed by atoms with Crippen LogP contribution in [0.25, 0.3) is 0 Å². The first-order chi connectivity index (χ1) is 11.3. The number of aryl methyl sites for hydroxylation is 1. The van der Waals surface area contributed by atoms with Crippen LogP contribution in [-0.4, -0.2) is 16.0 Å². The summed E-state index contributed by atoms with van der Waals surface area (Å²) in [6.07, 6.45) is -3.76. The fourth-order valence-corrected chi connectivity index (χ4v) is 2.06. The molecule has 1 aromatic heterocycles. The highest BCUT2D eigenvalue weighted by Gasteiger charge is 2.33. The molecule has 2 aromatic rings. The van der Waals surface area contributed by atoms with Gasteiger partial charge in [-0.3, -0.25) is 0 Å². The van der Waals surface area contributed by atoms with E-state index in [4.69, 9.17) is 0 Å². The molecular weight excluding hydrogens is 317 g/mol. The summed E-state index contributed by atoms with van der Waals surface area (Å²) in [5, 5.41) is 5.85. The lowest BCUT2D eigenvalue weighted by Gasteiger charge is -2.15. The fraction of sp³-hybridized carbons (Fsp3) is 0.412. The zero-order chi connectivity index (χ0) is 17.7. The first kappa shape index (κ1) is 18.0. The molecule has 2 rings (SSSR count). The molecule has 0 saturated carbocycles. The van der Waals surface area contributed by atoms with Crippen LogP contribution < -0.4 is 10.6 Å². The van der Waals surface area contributed by atoms with E-state index in [0.29, 0.717) is 6.54 Å². The number of rotatable bonds is 6. The van der Waals surface area contributed by atoms with Gasteiger partial charge in [0.25, 0.3) is 0 Å². The molecule has 0 saturated heterocycles. The lowest BCUT2D eigenvalue weighted by Crippen LogP contribution is -2.19. The predicted octanol–water partition coefficient (Wildman–Crippen LogP) is 4.63. The maximum absolute atomic E-state index is 13.0. The molecular formula is C17H21F3N4. The number of nitrogens with zero attached hydrogens (tertiary/aromatic N) is 2. The molecule has 1 aromatic carbocycles. The van der Waals surface area contributed by atoms with Crippen LogP contribution in [0.3, 0.4) is 0 Å². The number of alkyl halides is 3. The summed E-state index contributed by atoms with van der Waals surface area (Å²) in [7, 11) is 0. The number of hydrogen-bond donors (Lipinski definition) is 2. The smallest absolute Gasteiger partial charge is 0.366 e. The van der Waals surface area contributed by atoms with Gasteiger partial charge >= 0.3 is 6.18 Å². The van der Waals surface area contributed by atoms with Crippen LogP contribution in [0.5, 0.6) is 0 Å². The number of anilines is 2. The van der Waals surface area contributed by atoms with Crippen molar-refractivity contribution < 1.29 is 13.2 Å². The standard InChI is InChI=1S/C17H21F3N4/c1-4-12(3)22-16-23-14(17(18,19)20)9-15(24-16)21-10-13-8-6-5-7-11(13)2/h5-9,12H,4,10H2,1-3H3,(H2,21,22,23,24)/t12-/m0/s1. The average Bonchev–Trinajstić information content (AvgIpc) is 2.53. The van der Waals surface area contributed by atoms with E-state index >= 15 is 0 Å². The highest BCUT2D eigenvalue weighted by atomic mass is 19.4. The molecule has 0 amide bonds. The van der Waals surface area contributed by atoms with Crippen LogP contribution in [0, 0.1) is 6.92 Å². The van der Waals surface area contributed by atoms with Crippen molar-refractivity contribution in [3.63, 3.8) is 0 Å². The lowest BCUT2D eigenvalue weighted by atomic mass is 10.1. The van der Waals surface area contributed by atoms with Crippen LogP contribution in [-0.2, 0) is 12.7 Å². The van der Waals surface area contributed by atoms with Crippen molar-refractivity contribution in [2.45, 2.75) is 46.0 Å². The first-order valence-electron chi connectivity index (χ1n) is 7.80. The van der Waals surface area contributed by atoms with Crippen LogP contribution in [0.1, 0.15) is 37.1 Å². The average molecular weight is 338 g/mol. The Morgan fingerprint density at radius 1 is 1.17 bits per heavy atom. The number of hydrogen-bond acceptors (Lipinski definition) is 4. The van der Waals surface area contributed by atoms with Gasteiger partial charge in [-0.1, -0.05) is 31.2 Å². The van der Waals surface area contributed by atoms with Gasteiger partial charge < -0.3 is 10.6 Å². The summed E-state index contributed by atoms with van der Waals surface area (Å²) in [5.41, 5.74) is 1.10. The van der Waals surface area contributed by atoms with Crippen molar-refractivity contribution in [2.75, 3.05) is 10.6 Å². The second-order valence-corrected chi connectivity index (χ2v) is 5.69. The fourth-order valence-electron chi connectivity index (χ4n) is 2.06. The normalized spacial score (nSPS) is 12.8. The minimum atomic E-state index is -4.52. The van der Waals surface area contributed by atoms with E-state index in [1.165, 1.54) is 0 Å². The minimum absolute atomic E-state index is 0.0160. The van der Waals surface area contributed by atoms with Gasteiger partial charge in [-0.25, -0.2) is 4.98 Å². The van der Waals surface area contributed by atoms with Crippen LogP contribution in [0.15, 0.2) is 30.3 Å². The molecule has 1 heterocycles. The van der Waals surface area contributed by atoms with Crippen molar-refractivity contribution >= 4 is 11.8 Å². The largest absolute Gasteiger partial charge is 0.433 e. The quantitative estimate of drug-likeness (QED) is 0.806. The van der Waals surface area contributed by atoms with Crippen molar-refractivity contribution in [3.8, 4) is 0 Å². The van der Waals surface area contributed by atoms with E-state index in [9.17, 15) is 13.2 Å². The molecule has 0 unspecified atom stereocenters. The molecule has 0 bridgehead atoms. The van der Waals surface area contributed by atoms with Gasteiger partial charge in [-0.15, -0.1) is 0 Å². The maximum atomic E-state index is 13.0. The van der Waals surface area contributed by atoms with E-state index in [1.54, 1.807) is 0 Å². The number of halogens is 3. The summed E-state index contributed by atoms with van der Waals surface area (Å²) in [4.78, 5) is 7.72. The molecule has 2 N–H and O–H groups in total. The number of aromatic nitrogens is 2. The van der Waals surface area contributed by atoms with Crippen molar-refractivity contribution in [1.82, 2.24) is 9.97 Å². The number of benzene rings is 1. The Hall–Kier alpha value is -2.31. The van der Waals surface area contributed by atoms with E-state index < -0.39 is 11.9 Å². The lowest BCUT2D eigenvalue weighted by molar-refractivity contribution is -0.141. The van der Waals surface area contributed by atoms with Crippen LogP contribution in [0.4, 0.5) is 24.9 Å². The molecule has 0 fully saturated rings. The molecule has 0 aliphatic rings. The van der Waals surface area contributed by atoms with Gasteiger partial charge in [0, 0.05) is 18.7 Å². The zero-order valence-corrected chi connectivity index (χ0v) is 13.9. The Labute approximate surface area is 139 Å². The monoisotopic (exact) mass is 338 g/mol. The van der Waals surface area contributed by atoms with Crippen molar-refractivity contribution in [1.29, 1.82) is 0 Å². The summed E-state index contributed by atoms with van der Waals surface area (Å²) in [6, 6.07) is 8.60. The zero-order valence-electron chi connectivity index (χ0n) is 13.9. The van der Waals surface area contributed by atoms with Crippen molar-refractivity contribution in [2.24, 2.45) is 0 Å². The van der Waals surface area contributed by atoms with E-state index in [0.717, 1.165) is 23.6 Å². The van der Waals surface area contributed by atoms with Gasteiger partial charge in [0.15, 0.2) is 5.69 Å². The highest BCUT2D eigenvalue weighted by Crippen LogP contribution is 2.30. The Kier molecular flexibility index (Phi) is 5.64. The van der Waals surface area contributed by atoms with E-state index in [-0.39, 0.29) is 17.8 Å². The van der Waals surface area contributed by atoms with E-state index in [2.05, 4.69) is 20.6 Å². The topological polar surface area (TPSA) is 49.8 Å². The first-order valence-corrected chi connectivity index (χ1v) is 7.80. The summed E-state index contributed by atoms with van der Waals surface area (Å²) in [5.74, 6) is 0.123. The van der Waals surface area contributed by atoms with Crippen molar-refractivity contribution in [3.05, 3.63) is 47.2 Å². The van der Waals surface area contributed by atoms with E-state index in [1.807, 2.05) is 45.0 Å². The minimum Gasteiger partial charge on any atom is -0.366 e. The van der Waals surface area contributed by atoms with Gasteiger partial charge in [0.05, 0.1) is 0 Å². The third-order valence-corrected chi connectivity index (χ3v) is 3.73. The summed E-state index contributed by atoms with van der Waals surface area (Å²) >= 11 is 0. The third kappa shape index (κ3) is 4.84. The molecule has 0 aliphatic heterocycles. The Bertz CT molecular complexity index is 686. The third-order valence-electron chi connectivity index (χ3n) is 3.73. The molecule has 130 valence electrons. The molecule has 0 aliphatic carbocycles. The maximum Gasteiger partial charge on any atom is 0.433 e. The Balaban J connectivity index is 2.24. The van der Waals surface area contributed by atoms with Gasteiger partial charge in [-0.05, 0) is 31.4 Å². The molecule has 0 spiro atoms. The molecule has 1 atom stereocenters. The van der Waals surface area contributed by atoms with Gasteiger partial charge in [0.1, 0.15) is 5.82 Å². The van der Waals surface area contributed by atoms with Crippen LogP contribution >= 0.6 is 0 Å². The summed E-state index contributed by atoms with van der Waals surface area (Å²) < 4.78 is 39.1. The predicted molar refractivity (Wildman–Crippen MR) is 88.9 cm³/mol. The van der Waals surface area contributed by atoms with Gasteiger partial charge in [-0.2, -0.15) is 18.2 Å². The molecule has 7 heteroatoms. The summed E-state index contributed by atoms with van der Waals surface area (Å²) in [6.45, 7) is 6.14.